The van der Waals surface area contributed by atoms with E-state index in [-0.39, 0.29) is 12.5 Å². The molecule has 0 bridgehead atoms. The van der Waals surface area contributed by atoms with E-state index >= 15 is 0 Å². The number of nitrogens with one attached hydrogen (secondary N) is 1. The fourth-order valence-electron chi connectivity index (χ4n) is 1.92. The lowest BCUT2D eigenvalue weighted by atomic mass is 10.2. The summed E-state index contributed by atoms with van der Waals surface area (Å²) < 4.78 is 5.35. The van der Waals surface area contributed by atoms with Crippen LogP contribution in [0.25, 0.3) is 0 Å². The third-order valence-electron chi connectivity index (χ3n) is 3.06. The van der Waals surface area contributed by atoms with Crippen LogP contribution in [-0.4, -0.2) is 25.3 Å². The Morgan fingerprint density at radius 2 is 2.00 bits per heavy atom. The zero-order valence-corrected chi connectivity index (χ0v) is 14.3. The normalized spacial score (nSPS) is 10.6. The van der Waals surface area contributed by atoms with E-state index in [0.29, 0.717) is 17.3 Å². The Hall–Kier alpha value is -2.53. The molecule has 0 heterocycles. The number of halogens is 1. The van der Waals surface area contributed by atoms with E-state index in [1.165, 1.54) is 6.21 Å². The van der Waals surface area contributed by atoms with Gasteiger partial charge >= 0.3 is 0 Å². The Morgan fingerprint density at radius 3 is 2.67 bits per heavy atom. The van der Waals surface area contributed by atoms with Gasteiger partial charge in [-0.25, -0.2) is 0 Å². The second kappa shape index (κ2) is 8.93. The molecule has 0 radical (unpaired) electrons. The van der Waals surface area contributed by atoms with Crippen molar-refractivity contribution < 1.29 is 14.4 Å². The quantitative estimate of drug-likeness (QED) is 0.608. The highest BCUT2D eigenvalue weighted by molar-refractivity contribution is 6.33. The first-order valence-electron chi connectivity index (χ1n) is 7.52. The van der Waals surface area contributed by atoms with Crippen molar-refractivity contribution in [3.63, 3.8) is 0 Å². The van der Waals surface area contributed by atoms with Crippen LogP contribution in [0.15, 0.2) is 47.6 Å². The van der Waals surface area contributed by atoms with Crippen LogP contribution < -0.4 is 10.1 Å². The maximum Gasteiger partial charge on any atom is 0.265 e. The molecule has 0 spiro atoms. The molecule has 0 saturated carbocycles. The smallest absolute Gasteiger partial charge is 0.265 e. The van der Waals surface area contributed by atoms with Crippen molar-refractivity contribution in [1.29, 1.82) is 0 Å². The highest BCUT2D eigenvalue weighted by Gasteiger charge is 2.06. The van der Waals surface area contributed by atoms with Gasteiger partial charge in [0.15, 0.2) is 6.61 Å². The van der Waals surface area contributed by atoms with E-state index in [2.05, 4.69) is 10.5 Å². The average Bonchev–Trinajstić information content (AvgIpc) is 2.56. The summed E-state index contributed by atoms with van der Waals surface area (Å²) in [5.41, 5.74) is 2.42. The van der Waals surface area contributed by atoms with Crippen molar-refractivity contribution in [2.75, 3.05) is 18.5 Å². The van der Waals surface area contributed by atoms with E-state index in [0.717, 1.165) is 16.9 Å². The lowest BCUT2D eigenvalue weighted by molar-refractivity contribution is -0.120. The van der Waals surface area contributed by atoms with Crippen molar-refractivity contribution in [2.45, 2.75) is 13.8 Å². The fraction of sp³-hybridized carbons (Fsp3) is 0.222. The molecule has 0 atom stereocenters. The van der Waals surface area contributed by atoms with Crippen LogP contribution in [0, 0.1) is 6.92 Å². The minimum atomic E-state index is -0.329. The maximum absolute atomic E-state index is 11.8. The van der Waals surface area contributed by atoms with Gasteiger partial charge in [-0.15, -0.1) is 0 Å². The molecule has 0 aliphatic rings. The number of rotatable bonds is 7. The van der Waals surface area contributed by atoms with E-state index in [9.17, 15) is 4.79 Å². The number of carbonyl (C=O) groups is 1. The summed E-state index contributed by atoms with van der Waals surface area (Å²) in [7, 11) is 0. The summed E-state index contributed by atoms with van der Waals surface area (Å²) in [5, 5.41) is 6.93. The number of carbonyl (C=O) groups excluding carboxylic acids is 1. The molecular weight excluding hydrogens is 328 g/mol. The third kappa shape index (κ3) is 5.59. The van der Waals surface area contributed by atoms with Gasteiger partial charge in [0.1, 0.15) is 5.75 Å². The number of anilines is 1. The molecule has 2 aromatic carbocycles. The average molecular weight is 347 g/mol. The van der Waals surface area contributed by atoms with Crippen LogP contribution in [0.1, 0.15) is 18.1 Å². The Morgan fingerprint density at radius 1 is 1.25 bits per heavy atom. The molecule has 0 aliphatic heterocycles. The Labute approximate surface area is 146 Å². The first-order valence-corrected chi connectivity index (χ1v) is 7.90. The molecule has 0 aromatic heterocycles. The number of hydrogen-bond acceptors (Lipinski definition) is 4. The van der Waals surface area contributed by atoms with Gasteiger partial charge in [0, 0.05) is 0 Å². The number of hydrogen-bond donors (Lipinski definition) is 1. The van der Waals surface area contributed by atoms with Gasteiger partial charge in [0.25, 0.3) is 5.91 Å². The number of nitrogens with zero attached hydrogens (tertiary/aromatic N) is 1. The minimum Gasteiger partial charge on any atom is -0.494 e. The Kier molecular flexibility index (Phi) is 6.63. The summed E-state index contributed by atoms with van der Waals surface area (Å²) in [5.74, 6) is 0.467. The topological polar surface area (TPSA) is 59.9 Å². The predicted molar refractivity (Wildman–Crippen MR) is 96.0 cm³/mol. The second-order valence-corrected chi connectivity index (χ2v) is 5.45. The van der Waals surface area contributed by atoms with Gasteiger partial charge in [-0.3, -0.25) is 4.79 Å². The van der Waals surface area contributed by atoms with E-state index in [4.69, 9.17) is 21.2 Å². The van der Waals surface area contributed by atoms with Crippen LogP contribution in [0.2, 0.25) is 5.02 Å². The van der Waals surface area contributed by atoms with Crippen LogP contribution in [-0.2, 0) is 9.63 Å². The van der Waals surface area contributed by atoms with Crippen molar-refractivity contribution in [1.82, 2.24) is 0 Å². The molecule has 0 aliphatic carbocycles. The SMILES string of the molecule is CCOc1ccc(/C=N\OCC(=O)Nc2ccc(C)cc2Cl)cc1. The fourth-order valence-corrected chi connectivity index (χ4v) is 2.20. The molecule has 0 fully saturated rings. The van der Waals surface area contributed by atoms with Gasteiger partial charge in [0.05, 0.1) is 23.5 Å². The summed E-state index contributed by atoms with van der Waals surface area (Å²) in [6.07, 6.45) is 1.53. The number of oxime groups is 1. The molecule has 1 N–H and O–H groups in total. The van der Waals surface area contributed by atoms with Gasteiger partial charge < -0.3 is 14.9 Å². The molecule has 5 nitrogen and oxygen atoms in total. The molecular formula is C18H19ClN2O3. The third-order valence-corrected chi connectivity index (χ3v) is 3.37. The van der Waals surface area contributed by atoms with Crippen LogP contribution >= 0.6 is 11.6 Å². The molecule has 0 unspecified atom stereocenters. The molecule has 6 heteroatoms. The minimum absolute atomic E-state index is 0.197. The summed E-state index contributed by atoms with van der Waals surface area (Å²) >= 11 is 6.05. The summed E-state index contributed by atoms with van der Waals surface area (Å²) in [6, 6.07) is 12.8. The largest absolute Gasteiger partial charge is 0.494 e. The van der Waals surface area contributed by atoms with Crippen molar-refractivity contribution in [3.8, 4) is 5.75 Å². The molecule has 2 rings (SSSR count). The van der Waals surface area contributed by atoms with Gasteiger partial charge in [0.2, 0.25) is 0 Å². The molecule has 2 aromatic rings. The first-order chi connectivity index (χ1) is 11.6. The number of ether oxygens (including phenoxy) is 1. The van der Waals surface area contributed by atoms with Crippen molar-refractivity contribution in [2.24, 2.45) is 5.16 Å². The second-order valence-electron chi connectivity index (χ2n) is 5.04. The maximum atomic E-state index is 11.8. The van der Waals surface area contributed by atoms with E-state index < -0.39 is 0 Å². The van der Waals surface area contributed by atoms with Crippen molar-refractivity contribution in [3.05, 3.63) is 58.6 Å². The van der Waals surface area contributed by atoms with Crippen LogP contribution in [0.4, 0.5) is 5.69 Å². The summed E-state index contributed by atoms with van der Waals surface area (Å²) in [6.45, 7) is 4.28. The van der Waals surface area contributed by atoms with Gasteiger partial charge in [-0.2, -0.15) is 0 Å². The standard InChI is InChI=1S/C18H19ClN2O3/c1-3-23-15-7-5-14(6-8-15)11-20-24-12-18(22)21-17-9-4-13(2)10-16(17)19/h4-11H,3,12H2,1-2H3,(H,21,22)/b20-11-. The van der Waals surface area contributed by atoms with E-state index in [1.54, 1.807) is 12.1 Å². The van der Waals surface area contributed by atoms with Gasteiger partial charge in [-0.1, -0.05) is 22.8 Å². The predicted octanol–water partition coefficient (Wildman–Crippen LogP) is 4.04. The van der Waals surface area contributed by atoms with Crippen molar-refractivity contribution >= 4 is 29.4 Å². The van der Waals surface area contributed by atoms with E-state index in [1.807, 2.05) is 44.2 Å². The molecule has 126 valence electrons. The zero-order chi connectivity index (χ0) is 17.4. The lowest BCUT2D eigenvalue weighted by Gasteiger charge is -2.07. The van der Waals surface area contributed by atoms with Crippen LogP contribution in [0.5, 0.6) is 5.75 Å². The number of amides is 1. The molecule has 1 amide bonds. The number of benzene rings is 2. The first kappa shape index (κ1) is 17.8. The highest BCUT2D eigenvalue weighted by atomic mass is 35.5. The van der Waals surface area contributed by atoms with Crippen LogP contribution in [0.3, 0.4) is 0 Å². The zero-order valence-electron chi connectivity index (χ0n) is 13.6. The van der Waals surface area contributed by atoms with Gasteiger partial charge in [-0.05, 0) is 61.4 Å². The highest BCUT2D eigenvalue weighted by Crippen LogP contribution is 2.22. The number of aryl methyl sites for hydroxylation is 1. The Balaban J connectivity index is 1.79. The Bertz CT molecular complexity index is 715. The molecule has 24 heavy (non-hydrogen) atoms. The lowest BCUT2D eigenvalue weighted by Crippen LogP contribution is -2.17. The monoisotopic (exact) mass is 346 g/mol. The molecule has 0 saturated heterocycles. The summed E-state index contributed by atoms with van der Waals surface area (Å²) in [4.78, 5) is 16.8.